The first kappa shape index (κ1) is 10.3. The lowest BCUT2D eigenvalue weighted by Crippen LogP contribution is -2.02. The second-order valence-electron chi connectivity index (χ2n) is 2.50. The van der Waals surface area contributed by atoms with Crippen LogP contribution in [0, 0.1) is 3.57 Å². The first-order valence-corrected chi connectivity index (χ1v) is 4.76. The number of carbonyl (C=O) groups is 1. The van der Waals surface area contributed by atoms with E-state index in [0.717, 1.165) is 14.9 Å². The number of methoxy groups -OCH3 is 1. The fourth-order valence-electron chi connectivity index (χ4n) is 1.01. The van der Waals surface area contributed by atoms with Crippen LogP contribution in [0.1, 0.15) is 5.56 Å². The van der Waals surface area contributed by atoms with Crippen LogP contribution in [-0.2, 0) is 11.2 Å². The molecule has 1 aromatic carbocycles. The molecule has 0 aromatic heterocycles. The van der Waals surface area contributed by atoms with Gasteiger partial charge in [0.2, 0.25) is 0 Å². The Hall–Kier alpha value is -0.780. The number of rotatable bonds is 3. The molecule has 0 fully saturated rings. The fourth-order valence-corrected chi connectivity index (χ4v) is 1.78. The highest BCUT2D eigenvalue weighted by Crippen LogP contribution is 2.24. The molecule has 1 rings (SSSR count). The Morgan fingerprint density at radius 2 is 2.31 bits per heavy atom. The van der Waals surface area contributed by atoms with E-state index in [1.165, 1.54) is 0 Å². The van der Waals surface area contributed by atoms with Crippen LogP contribution in [0.25, 0.3) is 0 Å². The third-order valence-electron chi connectivity index (χ3n) is 1.60. The topological polar surface area (TPSA) is 46.5 Å². The van der Waals surface area contributed by atoms with Crippen molar-refractivity contribution in [2.75, 3.05) is 7.11 Å². The minimum Gasteiger partial charge on any atom is -0.496 e. The quantitative estimate of drug-likeness (QED) is 0.866. The number of carboxylic acid groups (broad SMARTS) is 1. The summed E-state index contributed by atoms with van der Waals surface area (Å²) in [5.74, 6) is -0.106. The molecular weight excluding hydrogens is 283 g/mol. The van der Waals surface area contributed by atoms with Gasteiger partial charge in [0.05, 0.1) is 17.1 Å². The molecule has 70 valence electrons. The molecule has 0 spiro atoms. The van der Waals surface area contributed by atoms with Crippen molar-refractivity contribution in [1.29, 1.82) is 0 Å². The van der Waals surface area contributed by atoms with Crippen LogP contribution in [-0.4, -0.2) is 18.2 Å². The van der Waals surface area contributed by atoms with Gasteiger partial charge in [0.15, 0.2) is 0 Å². The minimum atomic E-state index is -0.828. The molecule has 0 aliphatic rings. The smallest absolute Gasteiger partial charge is 0.307 e. The maximum Gasteiger partial charge on any atom is 0.307 e. The number of carboxylic acids is 1. The number of halogens is 1. The predicted molar refractivity (Wildman–Crippen MR) is 57.1 cm³/mol. The zero-order chi connectivity index (χ0) is 9.84. The van der Waals surface area contributed by atoms with E-state index >= 15 is 0 Å². The van der Waals surface area contributed by atoms with Gasteiger partial charge in [-0.3, -0.25) is 4.79 Å². The van der Waals surface area contributed by atoms with Gasteiger partial charge < -0.3 is 9.84 Å². The van der Waals surface area contributed by atoms with Crippen molar-refractivity contribution in [3.05, 3.63) is 27.3 Å². The molecule has 1 N–H and O–H groups in total. The zero-order valence-corrected chi connectivity index (χ0v) is 9.24. The second kappa shape index (κ2) is 4.45. The van der Waals surface area contributed by atoms with Crippen molar-refractivity contribution in [2.24, 2.45) is 0 Å². The molecule has 13 heavy (non-hydrogen) atoms. The number of ether oxygens (including phenoxy) is 1. The monoisotopic (exact) mass is 292 g/mol. The van der Waals surface area contributed by atoms with Crippen molar-refractivity contribution in [3.63, 3.8) is 0 Å². The van der Waals surface area contributed by atoms with Crippen LogP contribution >= 0.6 is 22.6 Å². The summed E-state index contributed by atoms with van der Waals surface area (Å²) in [5, 5.41) is 8.61. The maximum atomic E-state index is 10.5. The second-order valence-corrected chi connectivity index (χ2v) is 3.58. The number of aliphatic carboxylic acids is 1. The molecule has 0 unspecified atom stereocenters. The Labute approximate surface area is 89.9 Å². The third kappa shape index (κ3) is 2.58. The van der Waals surface area contributed by atoms with Crippen LogP contribution in [0.4, 0.5) is 0 Å². The normalized spacial score (nSPS) is 9.69. The van der Waals surface area contributed by atoms with E-state index < -0.39 is 5.97 Å². The molecule has 0 atom stereocenters. The molecule has 0 radical (unpaired) electrons. The average Bonchev–Trinajstić information content (AvgIpc) is 2.08. The van der Waals surface area contributed by atoms with Gasteiger partial charge in [-0.25, -0.2) is 0 Å². The third-order valence-corrected chi connectivity index (χ3v) is 2.83. The summed E-state index contributed by atoms with van der Waals surface area (Å²) >= 11 is 2.09. The summed E-state index contributed by atoms with van der Waals surface area (Å²) in [5.41, 5.74) is 0.785. The summed E-state index contributed by atoms with van der Waals surface area (Å²) in [7, 11) is 1.57. The SMILES string of the molecule is COc1cccc(CC(=O)O)c1I. The van der Waals surface area contributed by atoms with Gasteiger partial charge >= 0.3 is 5.97 Å². The Morgan fingerprint density at radius 1 is 1.62 bits per heavy atom. The highest BCUT2D eigenvalue weighted by Gasteiger charge is 2.08. The summed E-state index contributed by atoms with van der Waals surface area (Å²) in [6, 6.07) is 5.39. The maximum absolute atomic E-state index is 10.5. The first-order chi connectivity index (χ1) is 6.15. The van der Waals surface area contributed by atoms with Gasteiger partial charge in [-0.1, -0.05) is 12.1 Å². The first-order valence-electron chi connectivity index (χ1n) is 3.68. The molecule has 3 nitrogen and oxygen atoms in total. The molecule has 0 aliphatic heterocycles. The van der Waals surface area contributed by atoms with Crippen LogP contribution in [0.5, 0.6) is 5.75 Å². The largest absolute Gasteiger partial charge is 0.496 e. The van der Waals surface area contributed by atoms with Gasteiger partial charge in [-0.05, 0) is 34.2 Å². The molecule has 0 bridgehead atoms. The lowest BCUT2D eigenvalue weighted by atomic mass is 10.1. The standard InChI is InChI=1S/C9H9IO3/c1-13-7-4-2-3-6(9(7)10)5-8(11)12/h2-4H,5H2,1H3,(H,11,12). The number of hydrogen-bond acceptors (Lipinski definition) is 2. The van der Waals surface area contributed by atoms with E-state index in [-0.39, 0.29) is 6.42 Å². The highest BCUT2D eigenvalue weighted by atomic mass is 127. The van der Waals surface area contributed by atoms with Crippen LogP contribution in [0.3, 0.4) is 0 Å². The predicted octanol–water partition coefficient (Wildman–Crippen LogP) is 1.93. The van der Waals surface area contributed by atoms with Gasteiger partial charge in [0.25, 0.3) is 0 Å². The zero-order valence-electron chi connectivity index (χ0n) is 7.08. The molecule has 0 amide bonds. The van der Waals surface area contributed by atoms with Gasteiger partial charge in [0, 0.05) is 0 Å². The Balaban J connectivity index is 3.01. The molecule has 1 aromatic rings. The van der Waals surface area contributed by atoms with Crippen molar-refractivity contribution >= 4 is 28.6 Å². The van der Waals surface area contributed by atoms with Crippen LogP contribution in [0.2, 0.25) is 0 Å². The Bertz CT molecular complexity index is 323. The molecule has 0 heterocycles. The van der Waals surface area contributed by atoms with Crippen molar-refractivity contribution in [1.82, 2.24) is 0 Å². The van der Waals surface area contributed by atoms with Gasteiger partial charge in [-0.15, -0.1) is 0 Å². The summed E-state index contributed by atoms with van der Waals surface area (Å²) < 4.78 is 5.93. The molecule has 0 saturated heterocycles. The molecule has 4 heteroatoms. The summed E-state index contributed by atoms with van der Waals surface area (Å²) in [6.45, 7) is 0. The van der Waals surface area contributed by atoms with Crippen molar-refractivity contribution < 1.29 is 14.6 Å². The average molecular weight is 292 g/mol. The Kier molecular flexibility index (Phi) is 3.53. The minimum absolute atomic E-state index is 0.0372. The van der Waals surface area contributed by atoms with Crippen LogP contribution in [0.15, 0.2) is 18.2 Å². The van der Waals surface area contributed by atoms with E-state index in [1.807, 2.05) is 6.07 Å². The lowest BCUT2D eigenvalue weighted by molar-refractivity contribution is -0.136. The van der Waals surface area contributed by atoms with Gasteiger partial charge in [-0.2, -0.15) is 0 Å². The number of hydrogen-bond donors (Lipinski definition) is 1. The van der Waals surface area contributed by atoms with E-state index in [9.17, 15) is 4.79 Å². The van der Waals surface area contributed by atoms with Crippen molar-refractivity contribution in [2.45, 2.75) is 6.42 Å². The molecular formula is C9H9IO3. The summed E-state index contributed by atoms with van der Waals surface area (Å²) in [6.07, 6.45) is 0.0372. The lowest BCUT2D eigenvalue weighted by Gasteiger charge is -2.06. The fraction of sp³-hybridized carbons (Fsp3) is 0.222. The van der Waals surface area contributed by atoms with E-state index in [0.29, 0.717) is 0 Å². The van der Waals surface area contributed by atoms with E-state index in [4.69, 9.17) is 9.84 Å². The van der Waals surface area contributed by atoms with Crippen molar-refractivity contribution in [3.8, 4) is 5.75 Å². The molecule has 0 saturated carbocycles. The van der Waals surface area contributed by atoms with E-state index in [2.05, 4.69) is 22.6 Å². The van der Waals surface area contributed by atoms with E-state index in [1.54, 1.807) is 19.2 Å². The molecule has 0 aliphatic carbocycles. The Morgan fingerprint density at radius 3 is 2.85 bits per heavy atom. The summed E-state index contributed by atoms with van der Waals surface area (Å²) in [4.78, 5) is 10.5. The number of benzene rings is 1. The van der Waals surface area contributed by atoms with Crippen LogP contribution < -0.4 is 4.74 Å². The van der Waals surface area contributed by atoms with Gasteiger partial charge in [0.1, 0.15) is 5.75 Å². The highest BCUT2D eigenvalue weighted by molar-refractivity contribution is 14.1.